The number of nitrogens with one attached hydrogen (secondary N) is 1. The summed E-state index contributed by atoms with van der Waals surface area (Å²) < 4.78 is 1.70. The molecular formula is C14H16N6. The van der Waals surface area contributed by atoms with Crippen LogP contribution in [0.5, 0.6) is 0 Å². The van der Waals surface area contributed by atoms with Gasteiger partial charge in [-0.1, -0.05) is 0 Å². The molecule has 102 valence electrons. The molecule has 2 heterocycles. The van der Waals surface area contributed by atoms with E-state index in [1.54, 1.807) is 11.0 Å². The molecule has 3 aromatic rings. The van der Waals surface area contributed by atoms with Crippen molar-refractivity contribution in [1.82, 2.24) is 19.7 Å². The van der Waals surface area contributed by atoms with Crippen molar-refractivity contribution in [1.29, 1.82) is 0 Å². The summed E-state index contributed by atoms with van der Waals surface area (Å²) in [6.45, 7) is 0.748. The van der Waals surface area contributed by atoms with Crippen LogP contribution in [0.1, 0.15) is 5.82 Å². The number of benzene rings is 1. The number of nitrogens with two attached hydrogens (primary N) is 1. The second kappa shape index (κ2) is 5.16. The summed E-state index contributed by atoms with van der Waals surface area (Å²) in [5, 5.41) is 8.55. The van der Waals surface area contributed by atoms with E-state index in [0.29, 0.717) is 0 Å². The van der Waals surface area contributed by atoms with Gasteiger partial charge in [0.2, 0.25) is 0 Å². The van der Waals surface area contributed by atoms with Crippen molar-refractivity contribution in [3.8, 4) is 0 Å². The number of pyridine rings is 1. The fourth-order valence-corrected chi connectivity index (χ4v) is 2.04. The van der Waals surface area contributed by atoms with Crippen LogP contribution in [0, 0.1) is 0 Å². The zero-order chi connectivity index (χ0) is 13.9. The highest BCUT2D eigenvalue weighted by Gasteiger charge is 2.01. The Kier molecular flexibility index (Phi) is 3.20. The van der Waals surface area contributed by atoms with Crippen LogP contribution in [0.3, 0.4) is 0 Å². The lowest BCUT2D eigenvalue weighted by molar-refractivity contribution is 0.742. The van der Waals surface area contributed by atoms with Gasteiger partial charge in [-0.15, -0.1) is 0 Å². The fraction of sp³-hybridized carbons (Fsp3) is 0.214. The molecular weight excluding hydrogens is 252 g/mol. The Bertz CT molecular complexity index is 733. The van der Waals surface area contributed by atoms with Gasteiger partial charge in [0, 0.05) is 31.1 Å². The van der Waals surface area contributed by atoms with Crippen LogP contribution in [-0.2, 0) is 13.5 Å². The Morgan fingerprint density at radius 1 is 1.25 bits per heavy atom. The van der Waals surface area contributed by atoms with Gasteiger partial charge in [-0.25, -0.2) is 9.97 Å². The summed E-state index contributed by atoms with van der Waals surface area (Å²) in [4.78, 5) is 8.72. The van der Waals surface area contributed by atoms with Gasteiger partial charge in [0.15, 0.2) is 5.82 Å². The minimum absolute atomic E-state index is 0.748. The molecule has 3 N–H and O–H groups in total. The van der Waals surface area contributed by atoms with E-state index in [-0.39, 0.29) is 0 Å². The van der Waals surface area contributed by atoms with Crippen LogP contribution in [0.4, 0.5) is 11.5 Å². The van der Waals surface area contributed by atoms with Crippen molar-refractivity contribution < 1.29 is 0 Å². The highest BCUT2D eigenvalue weighted by atomic mass is 15.3. The number of aromatic nitrogens is 4. The first-order chi connectivity index (χ1) is 9.70. The Balaban J connectivity index is 1.67. The Morgan fingerprint density at radius 2 is 2.15 bits per heavy atom. The number of nitrogen functional groups attached to an aromatic ring is 1. The van der Waals surface area contributed by atoms with Crippen LogP contribution in [0.2, 0.25) is 0 Å². The van der Waals surface area contributed by atoms with E-state index in [1.165, 1.54) is 0 Å². The lowest BCUT2D eigenvalue weighted by atomic mass is 10.2. The largest absolute Gasteiger partial charge is 0.399 e. The molecule has 0 fully saturated rings. The average molecular weight is 268 g/mol. The van der Waals surface area contributed by atoms with Crippen molar-refractivity contribution in [3.05, 3.63) is 42.5 Å². The van der Waals surface area contributed by atoms with E-state index < -0.39 is 0 Å². The normalized spacial score (nSPS) is 10.8. The van der Waals surface area contributed by atoms with Crippen LogP contribution in [-0.4, -0.2) is 26.3 Å². The minimum Gasteiger partial charge on any atom is -0.399 e. The predicted molar refractivity (Wildman–Crippen MR) is 79.4 cm³/mol. The fourth-order valence-electron chi connectivity index (χ4n) is 2.04. The lowest BCUT2D eigenvalue weighted by Crippen LogP contribution is -2.07. The quantitative estimate of drug-likeness (QED) is 0.702. The van der Waals surface area contributed by atoms with Gasteiger partial charge >= 0.3 is 0 Å². The number of anilines is 2. The van der Waals surface area contributed by atoms with E-state index in [0.717, 1.165) is 41.2 Å². The minimum atomic E-state index is 0.748. The van der Waals surface area contributed by atoms with E-state index in [9.17, 15) is 0 Å². The molecule has 2 aromatic heterocycles. The van der Waals surface area contributed by atoms with Gasteiger partial charge in [-0.05, 0) is 30.3 Å². The Labute approximate surface area is 116 Å². The average Bonchev–Trinajstić information content (AvgIpc) is 2.85. The van der Waals surface area contributed by atoms with Crippen molar-refractivity contribution in [2.24, 2.45) is 7.05 Å². The molecule has 0 aliphatic carbocycles. The third-order valence-corrected chi connectivity index (χ3v) is 3.02. The van der Waals surface area contributed by atoms with E-state index >= 15 is 0 Å². The second-order valence-corrected chi connectivity index (χ2v) is 4.66. The predicted octanol–water partition coefficient (Wildman–Crippen LogP) is 1.60. The number of aryl methyl sites for hydroxylation is 1. The number of nitrogens with zero attached hydrogens (tertiary/aromatic N) is 4. The summed E-state index contributed by atoms with van der Waals surface area (Å²) in [5.74, 6) is 1.67. The third kappa shape index (κ3) is 2.69. The Hall–Kier alpha value is -2.63. The number of rotatable bonds is 4. The number of hydrogen-bond acceptors (Lipinski definition) is 5. The molecule has 3 rings (SSSR count). The number of hydrogen-bond donors (Lipinski definition) is 2. The molecule has 6 heteroatoms. The van der Waals surface area contributed by atoms with Gasteiger partial charge in [-0.3, -0.25) is 4.68 Å². The standard InChI is InChI=1S/C14H16N6/c1-20-9-17-14(19-20)6-7-16-13-5-2-10-8-11(15)3-4-12(10)18-13/h2-5,8-9H,6-7,15H2,1H3,(H,16,18). The first-order valence-electron chi connectivity index (χ1n) is 6.45. The molecule has 0 bridgehead atoms. The van der Waals surface area contributed by atoms with Gasteiger partial charge in [0.1, 0.15) is 12.1 Å². The van der Waals surface area contributed by atoms with E-state index in [2.05, 4.69) is 20.4 Å². The molecule has 0 unspecified atom stereocenters. The molecule has 0 aliphatic rings. The van der Waals surface area contributed by atoms with Gasteiger partial charge in [-0.2, -0.15) is 5.10 Å². The first-order valence-corrected chi connectivity index (χ1v) is 6.45. The molecule has 0 aliphatic heterocycles. The summed E-state index contributed by atoms with van der Waals surface area (Å²) in [5.41, 5.74) is 7.43. The smallest absolute Gasteiger partial charge is 0.152 e. The van der Waals surface area contributed by atoms with E-state index in [4.69, 9.17) is 5.73 Å². The molecule has 6 nitrogen and oxygen atoms in total. The van der Waals surface area contributed by atoms with E-state index in [1.807, 2.05) is 37.4 Å². The van der Waals surface area contributed by atoms with Crippen LogP contribution in [0.25, 0.3) is 10.9 Å². The third-order valence-electron chi connectivity index (χ3n) is 3.02. The lowest BCUT2D eigenvalue weighted by Gasteiger charge is -2.06. The highest BCUT2D eigenvalue weighted by Crippen LogP contribution is 2.17. The first kappa shape index (κ1) is 12.4. The molecule has 0 saturated carbocycles. The summed E-state index contributed by atoms with van der Waals surface area (Å²) in [7, 11) is 1.86. The van der Waals surface area contributed by atoms with Gasteiger partial charge < -0.3 is 11.1 Å². The molecule has 0 radical (unpaired) electrons. The van der Waals surface area contributed by atoms with Gasteiger partial charge in [0.25, 0.3) is 0 Å². The summed E-state index contributed by atoms with van der Waals surface area (Å²) >= 11 is 0. The Morgan fingerprint density at radius 3 is 2.95 bits per heavy atom. The molecule has 0 saturated heterocycles. The topological polar surface area (TPSA) is 81.7 Å². The zero-order valence-corrected chi connectivity index (χ0v) is 11.2. The maximum atomic E-state index is 5.75. The maximum Gasteiger partial charge on any atom is 0.152 e. The molecule has 0 atom stereocenters. The second-order valence-electron chi connectivity index (χ2n) is 4.66. The van der Waals surface area contributed by atoms with Crippen molar-refractivity contribution in [3.63, 3.8) is 0 Å². The summed E-state index contributed by atoms with van der Waals surface area (Å²) in [6, 6.07) is 9.67. The van der Waals surface area contributed by atoms with Crippen molar-refractivity contribution in [2.45, 2.75) is 6.42 Å². The summed E-state index contributed by atoms with van der Waals surface area (Å²) in [6.07, 6.45) is 2.47. The van der Waals surface area contributed by atoms with Gasteiger partial charge in [0.05, 0.1) is 5.52 Å². The van der Waals surface area contributed by atoms with Crippen LogP contribution >= 0.6 is 0 Å². The molecule has 20 heavy (non-hydrogen) atoms. The molecule has 0 spiro atoms. The maximum absolute atomic E-state index is 5.75. The van der Waals surface area contributed by atoms with Crippen LogP contribution < -0.4 is 11.1 Å². The van der Waals surface area contributed by atoms with Crippen LogP contribution in [0.15, 0.2) is 36.7 Å². The van der Waals surface area contributed by atoms with Crippen molar-refractivity contribution in [2.75, 3.05) is 17.6 Å². The number of fused-ring (bicyclic) bond motifs is 1. The zero-order valence-electron chi connectivity index (χ0n) is 11.2. The monoisotopic (exact) mass is 268 g/mol. The molecule has 0 amide bonds. The SMILES string of the molecule is Cn1cnc(CCNc2ccc3cc(N)ccc3n2)n1. The van der Waals surface area contributed by atoms with Crippen molar-refractivity contribution >= 4 is 22.4 Å². The highest BCUT2D eigenvalue weighted by molar-refractivity contribution is 5.83. The molecule has 1 aromatic carbocycles.